The first-order valence-electron chi connectivity index (χ1n) is 7.20. The van der Waals surface area contributed by atoms with E-state index < -0.39 is 0 Å². The lowest BCUT2D eigenvalue weighted by Crippen LogP contribution is -2.56. The number of carbonyl (C=O) groups excluding carboxylic acids is 1. The summed E-state index contributed by atoms with van der Waals surface area (Å²) in [6.07, 6.45) is 0. The molecule has 2 aliphatic heterocycles. The fourth-order valence-corrected chi connectivity index (χ4v) is 2.69. The van der Waals surface area contributed by atoms with Gasteiger partial charge in [-0.25, -0.2) is 4.79 Å². The molecule has 2 aliphatic rings. The third kappa shape index (κ3) is 4.33. The number of piperazine rings is 1. The minimum atomic E-state index is 0.0776. The number of morpholine rings is 1. The SMILES string of the molecule is C[C@@H]1CN(C)CCN1C(=O)NCCN1CCOCC1. The molecule has 0 bridgehead atoms. The maximum absolute atomic E-state index is 12.1. The number of hydrogen-bond acceptors (Lipinski definition) is 4. The van der Waals surface area contributed by atoms with Gasteiger partial charge in [-0.2, -0.15) is 0 Å². The Morgan fingerprint density at radius 2 is 2.00 bits per heavy atom. The van der Waals surface area contributed by atoms with Crippen molar-refractivity contribution >= 4 is 6.03 Å². The smallest absolute Gasteiger partial charge is 0.317 e. The number of nitrogens with zero attached hydrogens (tertiary/aromatic N) is 3. The van der Waals surface area contributed by atoms with Crippen molar-refractivity contribution in [2.75, 3.05) is 66.1 Å². The monoisotopic (exact) mass is 270 g/mol. The molecule has 0 aromatic rings. The topological polar surface area (TPSA) is 48.0 Å². The summed E-state index contributed by atoms with van der Waals surface area (Å²) in [6, 6.07) is 0.371. The van der Waals surface area contributed by atoms with E-state index in [4.69, 9.17) is 4.74 Å². The lowest BCUT2D eigenvalue weighted by molar-refractivity contribution is 0.0383. The van der Waals surface area contributed by atoms with Crippen LogP contribution in [0.2, 0.25) is 0 Å². The van der Waals surface area contributed by atoms with Crippen LogP contribution in [0.4, 0.5) is 4.79 Å². The highest BCUT2D eigenvalue weighted by molar-refractivity contribution is 5.74. The van der Waals surface area contributed by atoms with Gasteiger partial charge in [-0.3, -0.25) is 4.90 Å². The van der Waals surface area contributed by atoms with Gasteiger partial charge < -0.3 is 19.9 Å². The van der Waals surface area contributed by atoms with Crippen molar-refractivity contribution in [1.82, 2.24) is 20.0 Å². The number of hydrogen-bond donors (Lipinski definition) is 1. The number of likely N-dealkylation sites (N-methyl/N-ethyl adjacent to an activating group) is 1. The second-order valence-corrected chi connectivity index (χ2v) is 5.49. The minimum Gasteiger partial charge on any atom is -0.379 e. The van der Waals surface area contributed by atoms with Gasteiger partial charge in [0.25, 0.3) is 0 Å². The third-order valence-corrected chi connectivity index (χ3v) is 3.90. The van der Waals surface area contributed by atoms with Gasteiger partial charge in [0.05, 0.1) is 13.2 Å². The van der Waals surface area contributed by atoms with Crippen molar-refractivity contribution in [2.24, 2.45) is 0 Å². The van der Waals surface area contributed by atoms with Gasteiger partial charge in [0.15, 0.2) is 0 Å². The van der Waals surface area contributed by atoms with E-state index in [-0.39, 0.29) is 6.03 Å². The van der Waals surface area contributed by atoms with Gasteiger partial charge in [-0.15, -0.1) is 0 Å². The molecule has 0 aromatic carbocycles. The second kappa shape index (κ2) is 7.07. The Bertz CT molecular complexity index is 294. The first-order chi connectivity index (χ1) is 9.16. The summed E-state index contributed by atoms with van der Waals surface area (Å²) in [6.45, 7) is 10.0. The molecule has 2 saturated heterocycles. The number of carbonyl (C=O) groups is 1. The van der Waals surface area contributed by atoms with Crippen molar-refractivity contribution in [3.8, 4) is 0 Å². The minimum absolute atomic E-state index is 0.0776. The number of urea groups is 1. The molecular weight excluding hydrogens is 244 g/mol. The summed E-state index contributed by atoms with van der Waals surface area (Å²) < 4.78 is 5.30. The van der Waals surface area contributed by atoms with Crippen molar-refractivity contribution in [3.05, 3.63) is 0 Å². The first kappa shape index (κ1) is 14.6. The van der Waals surface area contributed by atoms with Gasteiger partial charge >= 0.3 is 6.03 Å². The molecule has 0 saturated carbocycles. The average molecular weight is 270 g/mol. The Morgan fingerprint density at radius 3 is 2.68 bits per heavy atom. The quantitative estimate of drug-likeness (QED) is 0.762. The Hall–Kier alpha value is -0.850. The predicted octanol–water partition coefficient (Wildman–Crippen LogP) is -0.336. The van der Waals surface area contributed by atoms with Crippen LogP contribution in [0.1, 0.15) is 6.92 Å². The molecule has 2 fully saturated rings. The van der Waals surface area contributed by atoms with Crippen LogP contribution in [0.15, 0.2) is 0 Å². The van der Waals surface area contributed by atoms with Gasteiger partial charge in [0.1, 0.15) is 0 Å². The number of amides is 2. The summed E-state index contributed by atoms with van der Waals surface area (Å²) in [7, 11) is 2.10. The molecule has 6 heteroatoms. The molecule has 0 spiro atoms. The van der Waals surface area contributed by atoms with Gasteiger partial charge in [-0.05, 0) is 14.0 Å². The lowest BCUT2D eigenvalue weighted by atomic mass is 10.2. The highest BCUT2D eigenvalue weighted by Gasteiger charge is 2.25. The van der Waals surface area contributed by atoms with E-state index in [2.05, 4.69) is 29.1 Å². The summed E-state index contributed by atoms with van der Waals surface area (Å²) in [4.78, 5) is 18.7. The molecule has 0 aliphatic carbocycles. The lowest BCUT2D eigenvalue weighted by Gasteiger charge is -2.38. The van der Waals surface area contributed by atoms with Crippen LogP contribution < -0.4 is 5.32 Å². The number of rotatable bonds is 3. The van der Waals surface area contributed by atoms with E-state index in [0.717, 1.165) is 59.0 Å². The molecule has 110 valence electrons. The van der Waals surface area contributed by atoms with Crippen molar-refractivity contribution in [1.29, 1.82) is 0 Å². The molecule has 1 atom stereocenters. The van der Waals surface area contributed by atoms with Crippen LogP contribution in [0.3, 0.4) is 0 Å². The van der Waals surface area contributed by atoms with Crippen LogP contribution in [0.5, 0.6) is 0 Å². The zero-order valence-corrected chi connectivity index (χ0v) is 12.1. The number of ether oxygens (including phenoxy) is 1. The molecule has 2 rings (SSSR count). The molecule has 1 N–H and O–H groups in total. The van der Waals surface area contributed by atoms with E-state index in [9.17, 15) is 4.79 Å². The van der Waals surface area contributed by atoms with Crippen LogP contribution in [-0.2, 0) is 4.74 Å². The molecule has 2 amide bonds. The van der Waals surface area contributed by atoms with E-state index >= 15 is 0 Å². The average Bonchev–Trinajstić information content (AvgIpc) is 2.39. The van der Waals surface area contributed by atoms with E-state index in [0.29, 0.717) is 6.04 Å². The summed E-state index contributed by atoms with van der Waals surface area (Å²) in [5.74, 6) is 0. The Morgan fingerprint density at radius 1 is 1.26 bits per heavy atom. The third-order valence-electron chi connectivity index (χ3n) is 3.90. The molecular formula is C13H26N4O2. The first-order valence-corrected chi connectivity index (χ1v) is 7.20. The highest BCUT2D eigenvalue weighted by Crippen LogP contribution is 2.07. The normalized spacial score (nSPS) is 26.4. The Balaban J connectivity index is 1.66. The standard InChI is InChI=1S/C13H26N4O2/c1-12-11-15(2)5-6-17(12)13(18)14-3-4-16-7-9-19-10-8-16/h12H,3-11H2,1-2H3,(H,14,18)/t12-/m1/s1. The van der Waals surface area contributed by atoms with Crippen molar-refractivity contribution in [3.63, 3.8) is 0 Å². The molecule has 6 nitrogen and oxygen atoms in total. The Labute approximate surface area is 115 Å². The van der Waals surface area contributed by atoms with Gasteiger partial charge in [-0.1, -0.05) is 0 Å². The van der Waals surface area contributed by atoms with Crippen LogP contribution in [0, 0.1) is 0 Å². The summed E-state index contributed by atoms with van der Waals surface area (Å²) in [5, 5.41) is 3.03. The largest absolute Gasteiger partial charge is 0.379 e. The van der Waals surface area contributed by atoms with Crippen molar-refractivity contribution in [2.45, 2.75) is 13.0 Å². The number of nitrogens with one attached hydrogen (secondary N) is 1. The fraction of sp³-hybridized carbons (Fsp3) is 0.923. The summed E-state index contributed by atoms with van der Waals surface area (Å²) >= 11 is 0. The zero-order valence-electron chi connectivity index (χ0n) is 12.1. The molecule has 2 heterocycles. The highest BCUT2D eigenvalue weighted by atomic mass is 16.5. The van der Waals surface area contributed by atoms with E-state index in [1.54, 1.807) is 0 Å². The maximum atomic E-state index is 12.1. The maximum Gasteiger partial charge on any atom is 0.317 e. The van der Waals surface area contributed by atoms with E-state index in [1.165, 1.54) is 0 Å². The van der Waals surface area contributed by atoms with Crippen molar-refractivity contribution < 1.29 is 9.53 Å². The molecule has 0 aromatic heterocycles. The van der Waals surface area contributed by atoms with Crippen LogP contribution in [-0.4, -0.2) is 92.8 Å². The predicted molar refractivity (Wildman–Crippen MR) is 74.3 cm³/mol. The van der Waals surface area contributed by atoms with Crippen LogP contribution in [0.25, 0.3) is 0 Å². The molecule has 0 radical (unpaired) electrons. The van der Waals surface area contributed by atoms with E-state index in [1.807, 2.05) is 4.90 Å². The zero-order chi connectivity index (χ0) is 13.7. The Kier molecular flexibility index (Phi) is 5.42. The molecule has 0 unspecified atom stereocenters. The molecule has 19 heavy (non-hydrogen) atoms. The second-order valence-electron chi connectivity index (χ2n) is 5.49. The van der Waals surface area contributed by atoms with Gasteiger partial charge in [0.2, 0.25) is 0 Å². The van der Waals surface area contributed by atoms with Gasteiger partial charge in [0, 0.05) is 51.9 Å². The van der Waals surface area contributed by atoms with Crippen LogP contribution >= 0.6 is 0 Å². The fourth-order valence-electron chi connectivity index (χ4n) is 2.69. The summed E-state index contributed by atoms with van der Waals surface area (Å²) in [5.41, 5.74) is 0.